The van der Waals surface area contributed by atoms with Crippen molar-refractivity contribution in [2.75, 3.05) is 11.9 Å². The van der Waals surface area contributed by atoms with Gasteiger partial charge in [-0.15, -0.1) is 10.2 Å². The first-order valence-corrected chi connectivity index (χ1v) is 6.00. The van der Waals surface area contributed by atoms with Crippen LogP contribution in [0.2, 0.25) is 10.0 Å². The number of rotatable bonds is 3. The number of anilines is 1. The second-order valence-electron chi connectivity index (χ2n) is 3.44. The minimum atomic E-state index is 0.500. The van der Waals surface area contributed by atoms with E-state index in [0.717, 1.165) is 17.9 Å². The summed E-state index contributed by atoms with van der Waals surface area (Å²) < 4.78 is 0. The second kappa shape index (κ2) is 5.34. The fraction of sp³-hybridized carbons (Fsp3) is 0.167. The lowest BCUT2D eigenvalue weighted by molar-refractivity contribution is 1.02. The van der Waals surface area contributed by atoms with Gasteiger partial charge in [0.2, 0.25) is 0 Å². The third-order valence-electron chi connectivity index (χ3n) is 2.25. The van der Waals surface area contributed by atoms with Crippen LogP contribution in [0.25, 0.3) is 11.3 Å². The van der Waals surface area contributed by atoms with Gasteiger partial charge in [-0.3, -0.25) is 0 Å². The maximum atomic E-state index is 6.11. The van der Waals surface area contributed by atoms with Crippen LogP contribution in [0, 0.1) is 0 Å². The molecule has 2 rings (SSSR count). The van der Waals surface area contributed by atoms with E-state index in [2.05, 4.69) is 15.5 Å². The minimum Gasteiger partial charge on any atom is -0.369 e. The van der Waals surface area contributed by atoms with Crippen molar-refractivity contribution in [3.8, 4) is 11.3 Å². The summed E-state index contributed by atoms with van der Waals surface area (Å²) >= 11 is 12.1. The van der Waals surface area contributed by atoms with Crippen LogP contribution < -0.4 is 5.32 Å². The molecule has 0 unspecified atom stereocenters. The van der Waals surface area contributed by atoms with Gasteiger partial charge in [0.15, 0.2) is 0 Å². The molecule has 0 atom stereocenters. The zero-order valence-electron chi connectivity index (χ0n) is 9.24. The molecule has 0 aliphatic rings. The van der Waals surface area contributed by atoms with Crippen molar-refractivity contribution in [3.05, 3.63) is 40.4 Å². The van der Waals surface area contributed by atoms with Gasteiger partial charge in [-0.05, 0) is 25.1 Å². The van der Waals surface area contributed by atoms with E-state index in [-0.39, 0.29) is 0 Å². The fourth-order valence-electron chi connectivity index (χ4n) is 1.45. The molecule has 1 N–H and O–H groups in total. The molecular formula is C12H11Cl2N3. The number of halogens is 2. The number of hydrogen-bond acceptors (Lipinski definition) is 3. The molecule has 3 nitrogen and oxygen atoms in total. The van der Waals surface area contributed by atoms with Gasteiger partial charge in [0.1, 0.15) is 5.82 Å². The van der Waals surface area contributed by atoms with E-state index in [1.165, 1.54) is 0 Å². The van der Waals surface area contributed by atoms with Gasteiger partial charge in [-0.25, -0.2) is 0 Å². The van der Waals surface area contributed by atoms with E-state index in [1.54, 1.807) is 6.07 Å². The van der Waals surface area contributed by atoms with Crippen molar-refractivity contribution < 1.29 is 0 Å². The average molecular weight is 268 g/mol. The molecule has 0 spiro atoms. The average Bonchev–Trinajstić information content (AvgIpc) is 2.34. The highest BCUT2D eigenvalue weighted by atomic mass is 35.5. The van der Waals surface area contributed by atoms with Gasteiger partial charge in [0, 0.05) is 12.1 Å². The van der Waals surface area contributed by atoms with E-state index < -0.39 is 0 Å². The molecular weight excluding hydrogens is 257 g/mol. The van der Waals surface area contributed by atoms with Crippen molar-refractivity contribution in [2.24, 2.45) is 0 Å². The Labute approximate surface area is 110 Å². The molecule has 5 heteroatoms. The molecule has 0 saturated carbocycles. The van der Waals surface area contributed by atoms with E-state index in [9.17, 15) is 0 Å². The Kier molecular flexibility index (Phi) is 3.82. The maximum Gasteiger partial charge on any atom is 0.148 e. The highest BCUT2D eigenvalue weighted by molar-refractivity contribution is 6.43. The highest BCUT2D eigenvalue weighted by Crippen LogP contribution is 2.32. The normalized spacial score (nSPS) is 10.3. The van der Waals surface area contributed by atoms with Crippen molar-refractivity contribution in [1.82, 2.24) is 10.2 Å². The van der Waals surface area contributed by atoms with Gasteiger partial charge < -0.3 is 5.32 Å². The Bertz CT molecular complexity index is 512. The predicted molar refractivity (Wildman–Crippen MR) is 71.7 cm³/mol. The summed E-state index contributed by atoms with van der Waals surface area (Å²) in [5, 5.41) is 12.3. The summed E-state index contributed by atoms with van der Waals surface area (Å²) in [4.78, 5) is 0. The molecule has 1 aromatic carbocycles. The Morgan fingerprint density at radius 3 is 2.59 bits per heavy atom. The van der Waals surface area contributed by atoms with Gasteiger partial charge in [-0.1, -0.05) is 35.3 Å². The third-order valence-corrected chi connectivity index (χ3v) is 3.07. The van der Waals surface area contributed by atoms with Gasteiger partial charge in [0.25, 0.3) is 0 Å². The number of nitrogens with zero attached hydrogens (tertiary/aromatic N) is 2. The lowest BCUT2D eigenvalue weighted by Crippen LogP contribution is -2.00. The zero-order chi connectivity index (χ0) is 12.3. The van der Waals surface area contributed by atoms with Crippen molar-refractivity contribution in [2.45, 2.75) is 6.92 Å². The van der Waals surface area contributed by atoms with Gasteiger partial charge in [0.05, 0.1) is 15.7 Å². The largest absolute Gasteiger partial charge is 0.369 e. The standard InChI is InChI=1S/C12H11Cl2N3/c1-2-15-11-7-6-10(16-17-11)8-4-3-5-9(13)12(8)14/h3-7H,2H2,1H3,(H,15,17). The first-order chi connectivity index (χ1) is 8.22. The molecule has 0 radical (unpaired) electrons. The fourth-order valence-corrected chi connectivity index (χ4v) is 1.85. The molecule has 17 heavy (non-hydrogen) atoms. The Balaban J connectivity index is 2.36. The van der Waals surface area contributed by atoms with Crippen LogP contribution in [0.5, 0.6) is 0 Å². The zero-order valence-corrected chi connectivity index (χ0v) is 10.8. The van der Waals surface area contributed by atoms with E-state index in [4.69, 9.17) is 23.2 Å². The van der Waals surface area contributed by atoms with Crippen LogP contribution in [0.4, 0.5) is 5.82 Å². The summed E-state index contributed by atoms with van der Waals surface area (Å²) in [6, 6.07) is 9.17. The van der Waals surface area contributed by atoms with Gasteiger partial charge >= 0.3 is 0 Å². The molecule has 88 valence electrons. The Morgan fingerprint density at radius 2 is 1.94 bits per heavy atom. The van der Waals surface area contributed by atoms with Crippen molar-refractivity contribution >= 4 is 29.0 Å². The summed E-state index contributed by atoms with van der Waals surface area (Å²) in [6.07, 6.45) is 0. The molecule has 0 bridgehead atoms. The van der Waals surface area contributed by atoms with E-state index in [0.29, 0.717) is 15.7 Å². The first-order valence-electron chi connectivity index (χ1n) is 5.24. The summed E-state index contributed by atoms with van der Waals surface area (Å²) in [5.74, 6) is 0.745. The van der Waals surface area contributed by atoms with Crippen molar-refractivity contribution in [3.63, 3.8) is 0 Å². The third kappa shape index (κ3) is 2.68. The van der Waals surface area contributed by atoms with Crippen LogP contribution in [-0.2, 0) is 0 Å². The topological polar surface area (TPSA) is 37.8 Å². The van der Waals surface area contributed by atoms with Crippen LogP contribution in [0.1, 0.15) is 6.92 Å². The van der Waals surface area contributed by atoms with Crippen LogP contribution in [-0.4, -0.2) is 16.7 Å². The van der Waals surface area contributed by atoms with Crippen molar-refractivity contribution in [1.29, 1.82) is 0 Å². The molecule has 0 amide bonds. The number of benzene rings is 1. The highest BCUT2D eigenvalue weighted by Gasteiger charge is 2.08. The lowest BCUT2D eigenvalue weighted by atomic mass is 10.1. The Morgan fingerprint density at radius 1 is 1.12 bits per heavy atom. The minimum absolute atomic E-state index is 0.500. The van der Waals surface area contributed by atoms with E-state index >= 15 is 0 Å². The SMILES string of the molecule is CCNc1ccc(-c2cccc(Cl)c2Cl)nn1. The van der Waals surface area contributed by atoms with Gasteiger partial charge in [-0.2, -0.15) is 0 Å². The summed E-state index contributed by atoms with van der Waals surface area (Å²) in [6.45, 7) is 2.81. The summed E-state index contributed by atoms with van der Waals surface area (Å²) in [5.41, 5.74) is 1.49. The number of hydrogen-bond donors (Lipinski definition) is 1. The van der Waals surface area contributed by atoms with E-state index in [1.807, 2.05) is 31.2 Å². The quantitative estimate of drug-likeness (QED) is 0.917. The summed E-state index contributed by atoms with van der Waals surface area (Å²) in [7, 11) is 0. The van der Waals surface area contributed by atoms with Crippen LogP contribution in [0.3, 0.4) is 0 Å². The molecule has 0 aliphatic carbocycles. The molecule has 0 aliphatic heterocycles. The molecule has 2 aromatic rings. The van der Waals surface area contributed by atoms with Crippen LogP contribution >= 0.6 is 23.2 Å². The predicted octanol–water partition coefficient (Wildman–Crippen LogP) is 3.88. The monoisotopic (exact) mass is 267 g/mol. The first kappa shape index (κ1) is 12.1. The molecule has 1 heterocycles. The number of nitrogens with one attached hydrogen (secondary N) is 1. The molecule has 1 aromatic heterocycles. The lowest BCUT2D eigenvalue weighted by Gasteiger charge is -2.05. The number of aromatic nitrogens is 2. The molecule has 0 saturated heterocycles. The van der Waals surface area contributed by atoms with Crippen LogP contribution in [0.15, 0.2) is 30.3 Å². The molecule has 0 fully saturated rings. The maximum absolute atomic E-state index is 6.11. The second-order valence-corrected chi connectivity index (χ2v) is 4.22. The smallest absolute Gasteiger partial charge is 0.148 e. The Hall–Kier alpha value is -1.32.